The van der Waals surface area contributed by atoms with Crippen LogP contribution in [-0.2, 0) is 17.8 Å². The van der Waals surface area contributed by atoms with Gasteiger partial charge in [0.15, 0.2) is 0 Å². The molecule has 0 aliphatic carbocycles. The molecule has 1 aromatic heterocycles. The average molecular weight is 256 g/mol. The van der Waals surface area contributed by atoms with E-state index in [1.54, 1.807) is 18.3 Å². The second-order valence-corrected chi connectivity index (χ2v) is 5.29. The smallest absolute Gasteiger partial charge is 0.229 e. The van der Waals surface area contributed by atoms with E-state index in [4.69, 9.17) is 18.0 Å². The summed E-state index contributed by atoms with van der Waals surface area (Å²) >= 11 is 6.48. The van der Waals surface area contributed by atoms with Crippen molar-refractivity contribution in [2.45, 2.75) is 26.8 Å². The van der Waals surface area contributed by atoms with Crippen molar-refractivity contribution < 1.29 is 4.79 Å². The fourth-order valence-corrected chi connectivity index (χ4v) is 2.17. The molecule has 16 heavy (non-hydrogen) atoms. The van der Waals surface area contributed by atoms with Gasteiger partial charge in [-0.1, -0.05) is 19.1 Å². The first-order chi connectivity index (χ1) is 7.54. The molecule has 1 amide bonds. The van der Waals surface area contributed by atoms with Gasteiger partial charge in [0.25, 0.3) is 0 Å². The predicted molar refractivity (Wildman–Crippen MR) is 71.5 cm³/mol. The molecule has 1 atom stereocenters. The Hall–Kier alpha value is -0.940. The molecular formula is C11H16N2OS2. The summed E-state index contributed by atoms with van der Waals surface area (Å²) in [6, 6.07) is 4.12. The third-order valence-corrected chi connectivity index (χ3v) is 3.91. The lowest BCUT2D eigenvalue weighted by Crippen LogP contribution is -2.35. The molecule has 1 aromatic rings. The minimum absolute atomic E-state index is 0.112. The zero-order valence-corrected chi connectivity index (χ0v) is 11.1. The number of thiocarbonyl (C=S) groups is 1. The standard InChI is InChI=1S/C11H16N2OS2/c1-3-8-4-5-9(16-8)6-13-11(14)7(2)10(12)15/h4-5,7H,3,6H2,1-2H3,(H2,12,15)(H,13,14). The fraction of sp³-hybridized carbons (Fsp3) is 0.455. The van der Waals surface area contributed by atoms with Crippen molar-refractivity contribution >= 4 is 34.5 Å². The quantitative estimate of drug-likeness (QED) is 0.791. The van der Waals surface area contributed by atoms with Gasteiger partial charge in [0.05, 0.1) is 17.5 Å². The van der Waals surface area contributed by atoms with Crippen LogP contribution in [0.15, 0.2) is 12.1 Å². The van der Waals surface area contributed by atoms with Gasteiger partial charge in [0, 0.05) is 9.75 Å². The largest absolute Gasteiger partial charge is 0.393 e. The van der Waals surface area contributed by atoms with Crippen molar-refractivity contribution in [1.82, 2.24) is 5.32 Å². The van der Waals surface area contributed by atoms with Crippen molar-refractivity contribution in [3.63, 3.8) is 0 Å². The molecule has 0 bridgehead atoms. The molecule has 0 radical (unpaired) electrons. The van der Waals surface area contributed by atoms with E-state index >= 15 is 0 Å². The SMILES string of the molecule is CCc1ccc(CNC(=O)C(C)C(N)=S)s1. The number of amides is 1. The third-order valence-electron chi connectivity index (χ3n) is 2.32. The Morgan fingerprint density at radius 1 is 1.56 bits per heavy atom. The van der Waals surface area contributed by atoms with E-state index in [1.807, 2.05) is 6.07 Å². The molecular weight excluding hydrogens is 240 g/mol. The summed E-state index contributed by atoms with van der Waals surface area (Å²) < 4.78 is 0. The maximum absolute atomic E-state index is 11.6. The number of hydrogen-bond acceptors (Lipinski definition) is 3. The molecule has 1 unspecified atom stereocenters. The highest BCUT2D eigenvalue weighted by molar-refractivity contribution is 7.80. The molecule has 3 nitrogen and oxygen atoms in total. The molecule has 0 saturated heterocycles. The summed E-state index contributed by atoms with van der Waals surface area (Å²) in [5.41, 5.74) is 5.40. The summed E-state index contributed by atoms with van der Waals surface area (Å²) in [6.07, 6.45) is 1.03. The highest BCUT2D eigenvalue weighted by Crippen LogP contribution is 2.16. The second-order valence-electron chi connectivity index (χ2n) is 3.56. The van der Waals surface area contributed by atoms with Crippen molar-refractivity contribution in [2.75, 3.05) is 0 Å². The van der Waals surface area contributed by atoms with Crippen LogP contribution in [0.2, 0.25) is 0 Å². The molecule has 0 aliphatic rings. The lowest BCUT2D eigenvalue weighted by atomic mass is 10.1. The van der Waals surface area contributed by atoms with Gasteiger partial charge in [0.1, 0.15) is 0 Å². The van der Waals surface area contributed by atoms with E-state index in [1.165, 1.54) is 4.88 Å². The molecule has 0 aliphatic heterocycles. The van der Waals surface area contributed by atoms with Gasteiger partial charge in [-0.3, -0.25) is 4.79 Å². The normalized spacial score (nSPS) is 12.1. The van der Waals surface area contributed by atoms with Gasteiger partial charge in [-0.15, -0.1) is 11.3 Å². The first-order valence-electron chi connectivity index (χ1n) is 5.19. The van der Waals surface area contributed by atoms with Crippen LogP contribution in [0.5, 0.6) is 0 Å². The molecule has 0 fully saturated rings. The number of rotatable bonds is 5. The molecule has 1 rings (SSSR count). The van der Waals surface area contributed by atoms with Gasteiger partial charge >= 0.3 is 0 Å². The lowest BCUT2D eigenvalue weighted by molar-refractivity contribution is -0.122. The molecule has 3 N–H and O–H groups in total. The first-order valence-corrected chi connectivity index (χ1v) is 6.41. The number of hydrogen-bond donors (Lipinski definition) is 2. The summed E-state index contributed by atoms with van der Waals surface area (Å²) in [5, 5.41) is 2.82. The molecule has 5 heteroatoms. The van der Waals surface area contributed by atoms with E-state index in [0.29, 0.717) is 6.54 Å². The highest BCUT2D eigenvalue weighted by atomic mass is 32.1. The number of nitrogens with two attached hydrogens (primary N) is 1. The Bertz CT molecular complexity index is 387. The topological polar surface area (TPSA) is 55.1 Å². The maximum atomic E-state index is 11.6. The number of thiophene rings is 1. The van der Waals surface area contributed by atoms with Gasteiger partial charge in [-0.2, -0.15) is 0 Å². The minimum atomic E-state index is -0.402. The number of aryl methyl sites for hydroxylation is 1. The van der Waals surface area contributed by atoms with Crippen LogP contribution in [0.1, 0.15) is 23.6 Å². The van der Waals surface area contributed by atoms with Crippen LogP contribution in [0.3, 0.4) is 0 Å². The number of nitrogens with one attached hydrogen (secondary N) is 1. The van der Waals surface area contributed by atoms with Crippen molar-refractivity contribution in [2.24, 2.45) is 11.7 Å². The number of carbonyl (C=O) groups is 1. The fourth-order valence-electron chi connectivity index (χ4n) is 1.16. The van der Waals surface area contributed by atoms with Gasteiger partial charge < -0.3 is 11.1 Å². The zero-order valence-electron chi connectivity index (χ0n) is 9.45. The molecule has 0 saturated carbocycles. The predicted octanol–water partition coefficient (Wildman–Crippen LogP) is 1.85. The Balaban J connectivity index is 2.45. The Kier molecular flexibility index (Phi) is 4.89. The second kappa shape index (κ2) is 5.96. The molecule has 0 spiro atoms. The van der Waals surface area contributed by atoms with E-state index in [9.17, 15) is 4.79 Å². The maximum Gasteiger partial charge on any atom is 0.229 e. The average Bonchev–Trinajstić information content (AvgIpc) is 2.72. The third kappa shape index (κ3) is 3.57. The van der Waals surface area contributed by atoms with E-state index in [-0.39, 0.29) is 10.9 Å². The minimum Gasteiger partial charge on any atom is -0.393 e. The summed E-state index contributed by atoms with van der Waals surface area (Å²) in [6.45, 7) is 4.38. The van der Waals surface area contributed by atoms with Crippen LogP contribution < -0.4 is 11.1 Å². The van der Waals surface area contributed by atoms with E-state index < -0.39 is 5.92 Å². The van der Waals surface area contributed by atoms with Crippen molar-refractivity contribution in [1.29, 1.82) is 0 Å². The van der Waals surface area contributed by atoms with Crippen LogP contribution in [-0.4, -0.2) is 10.9 Å². The highest BCUT2D eigenvalue weighted by Gasteiger charge is 2.14. The summed E-state index contributed by atoms with van der Waals surface area (Å²) in [7, 11) is 0. The van der Waals surface area contributed by atoms with Crippen LogP contribution in [0.4, 0.5) is 0 Å². The van der Waals surface area contributed by atoms with Gasteiger partial charge in [0.2, 0.25) is 5.91 Å². The van der Waals surface area contributed by atoms with E-state index in [0.717, 1.165) is 11.3 Å². The lowest BCUT2D eigenvalue weighted by Gasteiger charge is -2.09. The monoisotopic (exact) mass is 256 g/mol. The summed E-state index contributed by atoms with van der Waals surface area (Å²) in [5.74, 6) is -0.514. The van der Waals surface area contributed by atoms with Crippen LogP contribution in [0.25, 0.3) is 0 Å². The first kappa shape index (κ1) is 13.1. The Morgan fingerprint density at radius 2 is 2.19 bits per heavy atom. The molecule has 0 aromatic carbocycles. The Morgan fingerprint density at radius 3 is 2.69 bits per heavy atom. The molecule has 1 heterocycles. The van der Waals surface area contributed by atoms with Crippen molar-refractivity contribution in [3.8, 4) is 0 Å². The number of carbonyl (C=O) groups excluding carboxylic acids is 1. The van der Waals surface area contributed by atoms with Gasteiger partial charge in [-0.05, 0) is 25.5 Å². The van der Waals surface area contributed by atoms with Crippen molar-refractivity contribution in [3.05, 3.63) is 21.9 Å². The summed E-state index contributed by atoms with van der Waals surface area (Å²) in [4.78, 5) is 14.3. The van der Waals surface area contributed by atoms with Gasteiger partial charge in [-0.25, -0.2) is 0 Å². The van der Waals surface area contributed by atoms with E-state index in [2.05, 4.69) is 18.3 Å². The zero-order chi connectivity index (χ0) is 12.1. The molecule has 88 valence electrons. The Labute approximate surface area is 105 Å². The van der Waals surface area contributed by atoms with Crippen LogP contribution >= 0.6 is 23.6 Å². The van der Waals surface area contributed by atoms with Crippen LogP contribution in [0, 0.1) is 5.92 Å².